The number of nitrogens with zero attached hydrogens (tertiary/aromatic N) is 3. The summed E-state index contributed by atoms with van der Waals surface area (Å²) in [4.78, 5) is 18.3. The van der Waals surface area contributed by atoms with Gasteiger partial charge in [0.2, 0.25) is 0 Å². The highest BCUT2D eigenvalue weighted by molar-refractivity contribution is 7.91. The summed E-state index contributed by atoms with van der Waals surface area (Å²) < 4.78 is 22.8. The number of hydrogen-bond acceptors (Lipinski definition) is 4. The van der Waals surface area contributed by atoms with Crippen LogP contribution in [-0.4, -0.2) is 86.0 Å². The van der Waals surface area contributed by atoms with Crippen LogP contribution in [-0.2, 0) is 9.84 Å². The predicted molar refractivity (Wildman–Crippen MR) is 78.5 cm³/mol. The van der Waals surface area contributed by atoms with E-state index in [1.807, 2.05) is 4.90 Å². The summed E-state index contributed by atoms with van der Waals surface area (Å²) in [7, 11) is -2.93. The monoisotopic (exact) mass is 303 g/mol. The molecule has 0 aromatic rings. The van der Waals surface area contributed by atoms with Crippen LogP contribution in [0, 0.1) is 0 Å². The summed E-state index contributed by atoms with van der Waals surface area (Å²) >= 11 is 0. The minimum Gasteiger partial charge on any atom is -0.323 e. The lowest BCUT2D eigenvalue weighted by Gasteiger charge is -2.31. The van der Waals surface area contributed by atoms with Crippen LogP contribution in [0.4, 0.5) is 4.79 Å². The standard InChI is InChI=1S/C13H25N3O3S/c1-3-14(4-2)12-5-6-16(11-12)13(17)15-7-9-20(18,19)10-8-15/h12H,3-11H2,1-2H3. The molecule has 7 heteroatoms. The molecular weight excluding hydrogens is 278 g/mol. The molecule has 2 heterocycles. The zero-order valence-electron chi connectivity index (χ0n) is 12.4. The van der Waals surface area contributed by atoms with Gasteiger partial charge in [0.15, 0.2) is 9.84 Å². The molecule has 0 aliphatic carbocycles. The molecule has 2 fully saturated rings. The molecule has 0 spiro atoms. The number of sulfone groups is 1. The molecular formula is C13H25N3O3S. The van der Waals surface area contributed by atoms with Gasteiger partial charge in [-0.25, -0.2) is 13.2 Å². The molecule has 2 aliphatic rings. The van der Waals surface area contributed by atoms with E-state index in [1.165, 1.54) is 0 Å². The van der Waals surface area contributed by atoms with E-state index in [0.717, 1.165) is 32.6 Å². The van der Waals surface area contributed by atoms with Gasteiger partial charge in [-0.2, -0.15) is 0 Å². The van der Waals surface area contributed by atoms with Crippen molar-refractivity contribution in [2.24, 2.45) is 0 Å². The van der Waals surface area contributed by atoms with Gasteiger partial charge in [0.1, 0.15) is 0 Å². The number of carbonyl (C=O) groups is 1. The number of urea groups is 1. The Labute approximate surface area is 121 Å². The summed E-state index contributed by atoms with van der Waals surface area (Å²) in [5.74, 6) is 0.206. The number of rotatable bonds is 3. The molecule has 1 atom stereocenters. The molecule has 0 saturated carbocycles. The van der Waals surface area contributed by atoms with Crippen LogP contribution in [0.2, 0.25) is 0 Å². The Hall–Kier alpha value is -0.820. The van der Waals surface area contributed by atoms with E-state index in [0.29, 0.717) is 19.1 Å². The fourth-order valence-corrected chi connectivity index (χ4v) is 4.26. The smallest absolute Gasteiger partial charge is 0.320 e. The minimum absolute atomic E-state index is 0.00885. The number of carbonyl (C=O) groups excluding carboxylic acids is 1. The maximum Gasteiger partial charge on any atom is 0.320 e. The summed E-state index contributed by atoms with van der Waals surface area (Å²) in [6, 6.07) is 0.456. The Morgan fingerprint density at radius 2 is 1.70 bits per heavy atom. The molecule has 20 heavy (non-hydrogen) atoms. The van der Waals surface area contributed by atoms with E-state index in [1.54, 1.807) is 4.90 Å². The lowest BCUT2D eigenvalue weighted by molar-refractivity contribution is 0.158. The van der Waals surface area contributed by atoms with Crippen LogP contribution in [0.15, 0.2) is 0 Å². The quantitative estimate of drug-likeness (QED) is 0.750. The first-order valence-electron chi connectivity index (χ1n) is 7.45. The molecule has 0 aromatic heterocycles. The lowest BCUT2D eigenvalue weighted by atomic mass is 10.2. The Bertz CT molecular complexity index is 434. The zero-order chi connectivity index (χ0) is 14.8. The van der Waals surface area contributed by atoms with Crippen molar-refractivity contribution in [3.63, 3.8) is 0 Å². The van der Waals surface area contributed by atoms with Gasteiger partial charge in [0.25, 0.3) is 0 Å². The van der Waals surface area contributed by atoms with Crippen LogP contribution in [0.1, 0.15) is 20.3 Å². The third-order valence-electron chi connectivity index (χ3n) is 4.38. The van der Waals surface area contributed by atoms with Gasteiger partial charge in [-0.1, -0.05) is 13.8 Å². The number of likely N-dealkylation sites (tertiary alicyclic amines) is 1. The topological polar surface area (TPSA) is 60.9 Å². The van der Waals surface area contributed by atoms with Crippen molar-refractivity contribution in [3.05, 3.63) is 0 Å². The average molecular weight is 303 g/mol. The molecule has 116 valence electrons. The summed E-state index contributed by atoms with van der Waals surface area (Å²) in [5, 5.41) is 0. The van der Waals surface area contributed by atoms with Gasteiger partial charge in [0.05, 0.1) is 11.5 Å². The van der Waals surface area contributed by atoms with Crippen LogP contribution in [0.25, 0.3) is 0 Å². The zero-order valence-corrected chi connectivity index (χ0v) is 13.2. The summed E-state index contributed by atoms with van der Waals surface area (Å²) in [5.41, 5.74) is 0. The van der Waals surface area contributed by atoms with Gasteiger partial charge in [-0.15, -0.1) is 0 Å². The average Bonchev–Trinajstić information content (AvgIpc) is 2.89. The first kappa shape index (κ1) is 15.6. The van der Waals surface area contributed by atoms with Crippen LogP contribution in [0.3, 0.4) is 0 Å². The molecule has 2 aliphatic heterocycles. The predicted octanol–water partition coefficient (Wildman–Crippen LogP) is 0.253. The van der Waals surface area contributed by atoms with Crippen molar-refractivity contribution in [1.29, 1.82) is 0 Å². The van der Waals surface area contributed by atoms with E-state index < -0.39 is 9.84 Å². The van der Waals surface area contributed by atoms with E-state index in [4.69, 9.17) is 0 Å². The highest BCUT2D eigenvalue weighted by atomic mass is 32.2. The van der Waals surface area contributed by atoms with Gasteiger partial charge in [-0.3, -0.25) is 4.90 Å². The van der Waals surface area contributed by atoms with Crippen molar-refractivity contribution in [2.45, 2.75) is 26.3 Å². The van der Waals surface area contributed by atoms with Crippen molar-refractivity contribution < 1.29 is 13.2 Å². The van der Waals surface area contributed by atoms with Gasteiger partial charge in [0, 0.05) is 32.2 Å². The van der Waals surface area contributed by atoms with Crippen molar-refractivity contribution in [2.75, 3.05) is 50.8 Å². The molecule has 2 amide bonds. The van der Waals surface area contributed by atoms with Crippen LogP contribution >= 0.6 is 0 Å². The molecule has 1 unspecified atom stereocenters. The van der Waals surface area contributed by atoms with E-state index in [9.17, 15) is 13.2 Å². The lowest BCUT2D eigenvalue weighted by Crippen LogP contribution is -2.50. The van der Waals surface area contributed by atoms with Crippen molar-refractivity contribution in [1.82, 2.24) is 14.7 Å². The first-order chi connectivity index (χ1) is 9.46. The Morgan fingerprint density at radius 3 is 2.25 bits per heavy atom. The number of likely N-dealkylation sites (N-methyl/N-ethyl adjacent to an activating group) is 1. The minimum atomic E-state index is -2.93. The number of hydrogen-bond donors (Lipinski definition) is 0. The van der Waals surface area contributed by atoms with E-state index in [-0.39, 0.29) is 17.5 Å². The number of amides is 2. The molecule has 0 aromatic carbocycles. The summed E-state index contributed by atoms with van der Waals surface area (Å²) in [6.45, 7) is 8.53. The van der Waals surface area contributed by atoms with Gasteiger partial charge < -0.3 is 9.80 Å². The largest absolute Gasteiger partial charge is 0.323 e. The van der Waals surface area contributed by atoms with Crippen LogP contribution in [0.5, 0.6) is 0 Å². The second-order valence-corrected chi connectivity index (χ2v) is 7.83. The second kappa shape index (κ2) is 6.30. The highest BCUT2D eigenvalue weighted by Gasteiger charge is 2.33. The second-order valence-electron chi connectivity index (χ2n) is 5.53. The third kappa shape index (κ3) is 3.44. The van der Waals surface area contributed by atoms with Gasteiger partial charge >= 0.3 is 6.03 Å². The molecule has 2 rings (SSSR count). The maximum absolute atomic E-state index is 12.4. The van der Waals surface area contributed by atoms with Gasteiger partial charge in [-0.05, 0) is 19.5 Å². The maximum atomic E-state index is 12.4. The fourth-order valence-electron chi connectivity index (χ4n) is 3.06. The van der Waals surface area contributed by atoms with Crippen LogP contribution < -0.4 is 0 Å². The Kier molecular flexibility index (Phi) is 4.90. The fraction of sp³-hybridized carbons (Fsp3) is 0.923. The Balaban J connectivity index is 1.89. The molecule has 6 nitrogen and oxygen atoms in total. The van der Waals surface area contributed by atoms with Crippen molar-refractivity contribution >= 4 is 15.9 Å². The molecule has 0 N–H and O–H groups in total. The molecule has 0 bridgehead atoms. The van der Waals surface area contributed by atoms with E-state index >= 15 is 0 Å². The summed E-state index contributed by atoms with van der Waals surface area (Å²) in [6.07, 6.45) is 1.01. The Morgan fingerprint density at radius 1 is 1.10 bits per heavy atom. The molecule has 0 radical (unpaired) electrons. The first-order valence-corrected chi connectivity index (χ1v) is 9.27. The molecule has 2 saturated heterocycles. The third-order valence-corrected chi connectivity index (χ3v) is 5.99. The SMILES string of the molecule is CCN(CC)C1CCN(C(=O)N2CCS(=O)(=O)CC2)C1. The van der Waals surface area contributed by atoms with Crippen molar-refractivity contribution in [3.8, 4) is 0 Å². The highest BCUT2D eigenvalue weighted by Crippen LogP contribution is 2.18. The van der Waals surface area contributed by atoms with E-state index in [2.05, 4.69) is 18.7 Å². The normalized spacial score (nSPS) is 26.2.